The van der Waals surface area contributed by atoms with Crippen molar-refractivity contribution in [1.82, 2.24) is 10.3 Å². The van der Waals surface area contributed by atoms with Gasteiger partial charge in [-0.15, -0.1) is 0 Å². The molecule has 104 valence electrons. The summed E-state index contributed by atoms with van der Waals surface area (Å²) in [6.07, 6.45) is 15.4. The Kier molecular flexibility index (Phi) is 3.88. The lowest BCUT2D eigenvalue weighted by atomic mass is 9.71. The van der Waals surface area contributed by atoms with Gasteiger partial charge in [-0.05, 0) is 62.5 Å². The molecule has 1 atom stereocenters. The summed E-state index contributed by atoms with van der Waals surface area (Å²) in [7, 11) is 0. The Morgan fingerprint density at radius 1 is 1.21 bits per heavy atom. The van der Waals surface area contributed by atoms with E-state index in [1.807, 2.05) is 18.5 Å². The van der Waals surface area contributed by atoms with Crippen molar-refractivity contribution in [2.75, 3.05) is 0 Å². The third-order valence-corrected chi connectivity index (χ3v) is 5.38. The van der Waals surface area contributed by atoms with Gasteiger partial charge in [0.15, 0.2) is 0 Å². The van der Waals surface area contributed by atoms with Crippen LogP contribution in [0.25, 0.3) is 0 Å². The van der Waals surface area contributed by atoms with Gasteiger partial charge in [0.25, 0.3) is 0 Å². The molecule has 0 unspecified atom stereocenters. The van der Waals surface area contributed by atoms with Gasteiger partial charge in [-0.2, -0.15) is 0 Å². The number of rotatable bonds is 3. The molecule has 0 saturated heterocycles. The molecule has 1 aromatic rings. The van der Waals surface area contributed by atoms with E-state index in [0.29, 0.717) is 12.1 Å². The van der Waals surface area contributed by atoms with Crippen LogP contribution in [-0.4, -0.2) is 11.0 Å². The molecule has 0 aromatic carbocycles. The molecular weight excluding hydrogens is 232 g/mol. The highest BCUT2D eigenvalue weighted by atomic mass is 14.9. The van der Waals surface area contributed by atoms with Crippen molar-refractivity contribution >= 4 is 0 Å². The molecule has 0 radical (unpaired) electrons. The normalized spacial score (nSPS) is 24.7. The fraction of sp³-hybridized carbons (Fsp3) is 0.706. The lowest BCUT2D eigenvalue weighted by molar-refractivity contribution is 0.164. The zero-order valence-electron chi connectivity index (χ0n) is 12.1. The molecular formula is C17H26N2. The van der Waals surface area contributed by atoms with Crippen molar-refractivity contribution in [3.8, 4) is 0 Å². The molecule has 2 heteroatoms. The minimum atomic E-state index is 0.427. The Labute approximate surface area is 117 Å². The van der Waals surface area contributed by atoms with E-state index in [0.717, 1.165) is 5.41 Å². The Bertz CT molecular complexity index is 385. The van der Waals surface area contributed by atoms with Crippen LogP contribution in [0, 0.1) is 5.41 Å². The standard InChI is InChI=1S/C17H26N2/c1-14(15-5-4-12-18-13-15)19-16-6-10-17(11-7-16)8-2-3-9-17/h4-5,12-14,16,19H,2-3,6-11H2,1H3/t14-/m1/s1. The topological polar surface area (TPSA) is 24.9 Å². The summed E-state index contributed by atoms with van der Waals surface area (Å²) in [6.45, 7) is 2.26. The van der Waals surface area contributed by atoms with Crippen molar-refractivity contribution in [1.29, 1.82) is 0 Å². The first-order valence-corrected chi connectivity index (χ1v) is 7.93. The van der Waals surface area contributed by atoms with E-state index in [1.165, 1.54) is 56.9 Å². The van der Waals surface area contributed by atoms with Crippen molar-refractivity contribution < 1.29 is 0 Å². The summed E-state index contributed by atoms with van der Waals surface area (Å²) in [5.41, 5.74) is 2.05. The number of nitrogens with one attached hydrogen (secondary N) is 1. The average Bonchev–Trinajstić information content (AvgIpc) is 2.91. The molecule has 2 aliphatic carbocycles. The van der Waals surface area contributed by atoms with Gasteiger partial charge in [-0.25, -0.2) is 0 Å². The number of nitrogens with zero attached hydrogens (tertiary/aromatic N) is 1. The molecule has 0 amide bonds. The van der Waals surface area contributed by atoms with Crippen molar-refractivity contribution in [3.63, 3.8) is 0 Å². The predicted molar refractivity (Wildman–Crippen MR) is 78.9 cm³/mol. The molecule has 2 nitrogen and oxygen atoms in total. The Balaban J connectivity index is 1.52. The fourth-order valence-electron chi connectivity index (χ4n) is 4.10. The number of hydrogen-bond donors (Lipinski definition) is 1. The molecule has 2 fully saturated rings. The third kappa shape index (κ3) is 3.00. The van der Waals surface area contributed by atoms with Gasteiger partial charge in [0.2, 0.25) is 0 Å². The summed E-state index contributed by atoms with van der Waals surface area (Å²) >= 11 is 0. The summed E-state index contributed by atoms with van der Waals surface area (Å²) in [4.78, 5) is 4.22. The van der Waals surface area contributed by atoms with Crippen LogP contribution in [0.4, 0.5) is 0 Å². The first-order chi connectivity index (χ1) is 9.27. The first-order valence-electron chi connectivity index (χ1n) is 7.93. The third-order valence-electron chi connectivity index (χ3n) is 5.38. The van der Waals surface area contributed by atoms with Crippen LogP contribution in [0.15, 0.2) is 24.5 Å². The van der Waals surface area contributed by atoms with E-state index >= 15 is 0 Å². The molecule has 0 aliphatic heterocycles. The van der Waals surface area contributed by atoms with Crippen LogP contribution in [0.1, 0.15) is 69.9 Å². The number of aromatic nitrogens is 1. The maximum atomic E-state index is 4.22. The second-order valence-corrected chi connectivity index (χ2v) is 6.66. The zero-order chi connectivity index (χ0) is 13.1. The minimum absolute atomic E-state index is 0.427. The highest BCUT2D eigenvalue weighted by Crippen LogP contribution is 2.49. The van der Waals surface area contributed by atoms with Gasteiger partial charge in [0.05, 0.1) is 0 Å². The maximum absolute atomic E-state index is 4.22. The molecule has 1 heterocycles. The smallest absolute Gasteiger partial charge is 0.0315 e. The van der Waals surface area contributed by atoms with Crippen molar-refractivity contribution in [2.45, 2.75) is 70.4 Å². The number of hydrogen-bond acceptors (Lipinski definition) is 2. The lowest BCUT2D eigenvalue weighted by Crippen LogP contribution is -2.38. The minimum Gasteiger partial charge on any atom is -0.307 e. The van der Waals surface area contributed by atoms with E-state index in [1.54, 1.807) is 0 Å². The van der Waals surface area contributed by atoms with Gasteiger partial charge in [-0.1, -0.05) is 18.9 Å². The molecule has 19 heavy (non-hydrogen) atoms. The van der Waals surface area contributed by atoms with Gasteiger partial charge in [-0.3, -0.25) is 4.98 Å². The Morgan fingerprint density at radius 2 is 1.95 bits per heavy atom. The number of pyridine rings is 1. The van der Waals surface area contributed by atoms with Gasteiger partial charge < -0.3 is 5.32 Å². The summed E-state index contributed by atoms with van der Waals surface area (Å²) in [5.74, 6) is 0. The van der Waals surface area contributed by atoms with Crippen LogP contribution in [0.5, 0.6) is 0 Å². The summed E-state index contributed by atoms with van der Waals surface area (Å²) in [5, 5.41) is 3.80. The molecule has 3 rings (SSSR count). The predicted octanol–water partition coefficient (Wildman–Crippen LogP) is 4.24. The van der Waals surface area contributed by atoms with Crippen LogP contribution < -0.4 is 5.32 Å². The van der Waals surface area contributed by atoms with Crippen LogP contribution in [-0.2, 0) is 0 Å². The molecule has 2 saturated carbocycles. The maximum Gasteiger partial charge on any atom is 0.0315 e. The quantitative estimate of drug-likeness (QED) is 0.877. The van der Waals surface area contributed by atoms with E-state index < -0.39 is 0 Å². The first kappa shape index (κ1) is 13.1. The fourth-order valence-corrected chi connectivity index (χ4v) is 4.10. The Morgan fingerprint density at radius 3 is 2.58 bits per heavy atom. The Hall–Kier alpha value is -0.890. The average molecular weight is 258 g/mol. The van der Waals surface area contributed by atoms with Gasteiger partial charge in [0, 0.05) is 24.5 Å². The highest BCUT2D eigenvalue weighted by Gasteiger charge is 2.37. The van der Waals surface area contributed by atoms with Crippen LogP contribution in [0.2, 0.25) is 0 Å². The SMILES string of the molecule is C[C@@H](NC1CCC2(CCCC2)CC1)c1cccnc1. The van der Waals surface area contributed by atoms with Crippen molar-refractivity contribution in [3.05, 3.63) is 30.1 Å². The van der Waals surface area contributed by atoms with Crippen LogP contribution in [0.3, 0.4) is 0 Å². The second kappa shape index (κ2) is 5.62. The molecule has 1 aromatic heterocycles. The highest BCUT2D eigenvalue weighted by molar-refractivity contribution is 5.13. The largest absolute Gasteiger partial charge is 0.307 e. The molecule has 1 N–H and O–H groups in total. The summed E-state index contributed by atoms with van der Waals surface area (Å²) in [6, 6.07) is 5.34. The van der Waals surface area contributed by atoms with Gasteiger partial charge in [0.1, 0.15) is 0 Å². The van der Waals surface area contributed by atoms with Gasteiger partial charge >= 0.3 is 0 Å². The monoisotopic (exact) mass is 258 g/mol. The molecule has 0 bridgehead atoms. The second-order valence-electron chi connectivity index (χ2n) is 6.66. The van der Waals surface area contributed by atoms with E-state index in [4.69, 9.17) is 0 Å². The summed E-state index contributed by atoms with van der Waals surface area (Å²) < 4.78 is 0. The van der Waals surface area contributed by atoms with Crippen LogP contribution >= 0.6 is 0 Å². The molecule has 2 aliphatic rings. The van der Waals surface area contributed by atoms with E-state index in [9.17, 15) is 0 Å². The van der Waals surface area contributed by atoms with Crippen molar-refractivity contribution in [2.24, 2.45) is 5.41 Å². The zero-order valence-corrected chi connectivity index (χ0v) is 12.1. The lowest BCUT2D eigenvalue weighted by Gasteiger charge is -2.38. The van der Waals surface area contributed by atoms with E-state index in [-0.39, 0.29) is 0 Å². The van der Waals surface area contributed by atoms with E-state index in [2.05, 4.69) is 23.3 Å². The molecule has 1 spiro atoms.